The number of carbonyl (C=O) groups is 1. The highest BCUT2D eigenvalue weighted by molar-refractivity contribution is 9.10. The zero-order valence-electron chi connectivity index (χ0n) is 12.1. The van der Waals surface area contributed by atoms with Crippen LogP contribution in [-0.4, -0.2) is 22.1 Å². The third-order valence-corrected chi connectivity index (χ3v) is 4.16. The summed E-state index contributed by atoms with van der Waals surface area (Å²) in [5, 5.41) is 9.94. The highest BCUT2D eigenvalue weighted by Crippen LogP contribution is 2.28. The molecule has 5 heteroatoms. The van der Waals surface area contributed by atoms with Crippen molar-refractivity contribution < 1.29 is 9.90 Å². The van der Waals surface area contributed by atoms with Gasteiger partial charge in [-0.15, -0.1) is 0 Å². The van der Waals surface area contributed by atoms with Gasteiger partial charge >= 0.3 is 5.97 Å². The largest absolute Gasteiger partial charge is 0.480 e. The zero-order chi connectivity index (χ0) is 15.6. The molecule has 0 aliphatic heterocycles. The molecule has 21 heavy (non-hydrogen) atoms. The van der Waals surface area contributed by atoms with Gasteiger partial charge in [0.15, 0.2) is 0 Å². The minimum absolute atomic E-state index is 0.315. The van der Waals surface area contributed by atoms with Crippen molar-refractivity contribution in [3.05, 3.63) is 45.6 Å². The van der Waals surface area contributed by atoms with E-state index in [1.807, 2.05) is 12.3 Å². The van der Waals surface area contributed by atoms with Gasteiger partial charge in [0.2, 0.25) is 0 Å². The Labute approximate surface area is 132 Å². The molecule has 1 aromatic heterocycles. The van der Waals surface area contributed by atoms with E-state index in [1.165, 1.54) is 11.1 Å². The van der Waals surface area contributed by atoms with Gasteiger partial charge < -0.3 is 15.8 Å². The number of allylic oxidation sites excluding steroid dienone is 2. The van der Waals surface area contributed by atoms with Gasteiger partial charge in [-0.05, 0) is 43.5 Å². The van der Waals surface area contributed by atoms with Crippen molar-refractivity contribution in [1.82, 2.24) is 4.98 Å². The SMILES string of the molecule is CC(C)=CCc1cc2[nH]cc(CC(N)C(=O)O)c2cc1Br. The third kappa shape index (κ3) is 3.74. The normalized spacial score (nSPS) is 12.4. The van der Waals surface area contributed by atoms with Crippen molar-refractivity contribution >= 4 is 32.8 Å². The number of H-pyrrole nitrogens is 1. The molecule has 112 valence electrons. The molecule has 1 aromatic carbocycles. The molecule has 0 amide bonds. The van der Waals surface area contributed by atoms with Gasteiger partial charge in [-0.1, -0.05) is 27.6 Å². The first kappa shape index (κ1) is 15.8. The number of benzene rings is 1. The standard InChI is InChI=1S/C16H19BrN2O2/c1-9(2)3-4-10-6-15-12(7-13(10)17)11(8-19-15)5-14(18)16(20)21/h3,6-8,14,19H,4-5,18H2,1-2H3,(H,20,21). The van der Waals surface area contributed by atoms with E-state index < -0.39 is 12.0 Å². The summed E-state index contributed by atoms with van der Waals surface area (Å²) >= 11 is 3.59. The van der Waals surface area contributed by atoms with E-state index in [9.17, 15) is 4.79 Å². The van der Waals surface area contributed by atoms with Gasteiger partial charge in [0.25, 0.3) is 0 Å². The van der Waals surface area contributed by atoms with Crippen LogP contribution >= 0.6 is 15.9 Å². The summed E-state index contributed by atoms with van der Waals surface area (Å²) in [6.07, 6.45) is 5.19. The van der Waals surface area contributed by atoms with Crippen LogP contribution in [-0.2, 0) is 17.6 Å². The highest BCUT2D eigenvalue weighted by Gasteiger charge is 2.15. The molecule has 0 fully saturated rings. The Balaban J connectivity index is 2.35. The fourth-order valence-corrected chi connectivity index (χ4v) is 2.71. The van der Waals surface area contributed by atoms with Crippen LogP contribution in [0.3, 0.4) is 0 Å². The summed E-state index contributed by atoms with van der Waals surface area (Å²) in [5.74, 6) is -0.983. The van der Waals surface area contributed by atoms with Crippen LogP contribution in [0.4, 0.5) is 0 Å². The van der Waals surface area contributed by atoms with E-state index in [-0.39, 0.29) is 0 Å². The van der Waals surface area contributed by atoms with Crippen molar-refractivity contribution in [1.29, 1.82) is 0 Å². The molecular formula is C16H19BrN2O2. The first-order valence-corrected chi connectivity index (χ1v) is 7.58. The Morgan fingerprint density at radius 1 is 1.43 bits per heavy atom. The molecule has 0 spiro atoms. The Morgan fingerprint density at radius 3 is 2.76 bits per heavy atom. The van der Waals surface area contributed by atoms with Crippen LogP contribution in [0.25, 0.3) is 10.9 Å². The fraction of sp³-hybridized carbons (Fsp3) is 0.312. The number of rotatable bonds is 5. The number of hydrogen-bond acceptors (Lipinski definition) is 2. The number of fused-ring (bicyclic) bond motifs is 1. The van der Waals surface area contributed by atoms with Crippen molar-refractivity contribution in [2.24, 2.45) is 5.73 Å². The van der Waals surface area contributed by atoms with E-state index in [1.54, 1.807) is 0 Å². The highest BCUT2D eigenvalue weighted by atomic mass is 79.9. The molecule has 0 aliphatic carbocycles. The first-order chi connectivity index (χ1) is 9.88. The molecule has 0 bridgehead atoms. The monoisotopic (exact) mass is 350 g/mol. The molecular weight excluding hydrogens is 332 g/mol. The second-order valence-electron chi connectivity index (χ2n) is 5.44. The van der Waals surface area contributed by atoms with E-state index in [2.05, 4.69) is 46.9 Å². The molecule has 2 aromatic rings. The Morgan fingerprint density at radius 2 is 2.14 bits per heavy atom. The average Bonchev–Trinajstić information content (AvgIpc) is 2.78. The topological polar surface area (TPSA) is 79.1 Å². The molecule has 1 heterocycles. The summed E-state index contributed by atoms with van der Waals surface area (Å²) < 4.78 is 1.03. The molecule has 1 atom stereocenters. The van der Waals surface area contributed by atoms with E-state index in [4.69, 9.17) is 10.8 Å². The maximum absolute atomic E-state index is 10.9. The lowest BCUT2D eigenvalue weighted by Crippen LogP contribution is -2.32. The predicted molar refractivity (Wildman–Crippen MR) is 88.4 cm³/mol. The van der Waals surface area contributed by atoms with Crippen LogP contribution < -0.4 is 5.73 Å². The van der Waals surface area contributed by atoms with Gasteiger partial charge in [0.1, 0.15) is 6.04 Å². The smallest absolute Gasteiger partial charge is 0.320 e. The summed E-state index contributed by atoms with van der Waals surface area (Å²) in [4.78, 5) is 14.1. The van der Waals surface area contributed by atoms with Gasteiger partial charge in [-0.3, -0.25) is 4.79 Å². The maximum atomic E-state index is 10.9. The number of nitrogens with one attached hydrogen (secondary N) is 1. The molecule has 0 saturated carbocycles. The van der Waals surface area contributed by atoms with Crippen molar-refractivity contribution in [3.8, 4) is 0 Å². The Bertz CT molecular complexity index is 700. The van der Waals surface area contributed by atoms with Gasteiger partial charge in [0, 0.05) is 28.0 Å². The average molecular weight is 351 g/mol. The van der Waals surface area contributed by atoms with Crippen molar-refractivity contribution in [2.75, 3.05) is 0 Å². The number of aromatic amines is 1. The molecule has 0 saturated heterocycles. The lowest BCUT2D eigenvalue weighted by Gasteiger charge is -2.07. The van der Waals surface area contributed by atoms with Crippen molar-refractivity contribution in [3.63, 3.8) is 0 Å². The van der Waals surface area contributed by atoms with Crippen molar-refractivity contribution in [2.45, 2.75) is 32.7 Å². The van der Waals surface area contributed by atoms with E-state index in [0.717, 1.165) is 27.4 Å². The second kappa shape index (κ2) is 6.45. The van der Waals surface area contributed by atoms with Crippen LogP contribution in [0.15, 0.2) is 34.5 Å². The first-order valence-electron chi connectivity index (χ1n) is 6.78. The minimum Gasteiger partial charge on any atom is -0.480 e. The van der Waals surface area contributed by atoms with Crippen LogP contribution in [0, 0.1) is 0 Å². The predicted octanol–water partition coefficient (Wildman–Crippen LogP) is 3.39. The Kier molecular flexibility index (Phi) is 4.85. The number of hydrogen-bond donors (Lipinski definition) is 3. The fourth-order valence-electron chi connectivity index (χ4n) is 2.21. The van der Waals surface area contributed by atoms with Crippen LogP contribution in [0.1, 0.15) is 25.0 Å². The van der Waals surface area contributed by atoms with E-state index in [0.29, 0.717) is 6.42 Å². The lowest BCUT2D eigenvalue weighted by molar-refractivity contribution is -0.138. The summed E-state index contributed by atoms with van der Waals surface area (Å²) in [6.45, 7) is 4.15. The molecule has 4 N–H and O–H groups in total. The number of nitrogens with two attached hydrogens (primary N) is 1. The number of halogens is 1. The van der Waals surface area contributed by atoms with Crippen LogP contribution in [0.2, 0.25) is 0 Å². The molecule has 4 nitrogen and oxygen atoms in total. The second-order valence-corrected chi connectivity index (χ2v) is 6.29. The number of carboxylic acids is 1. The quantitative estimate of drug-likeness (QED) is 0.723. The van der Waals surface area contributed by atoms with Gasteiger partial charge in [0.05, 0.1) is 0 Å². The molecule has 0 aliphatic rings. The van der Waals surface area contributed by atoms with Crippen LogP contribution in [0.5, 0.6) is 0 Å². The number of aliphatic carboxylic acids is 1. The zero-order valence-corrected chi connectivity index (χ0v) is 13.7. The summed E-state index contributed by atoms with van der Waals surface area (Å²) in [6, 6.07) is 3.24. The Hall–Kier alpha value is -1.59. The van der Waals surface area contributed by atoms with Gasteiger partial charge in [-0.2, -0.15) is 0 Å². The molecule has 2 rings (SSSR count). The number of carboxylic acid groups (broad SMARTS) is 1. The number of aromatic nitrogens is 1. The third-order valence-electron chi connectivity index (χ3n) is 3.42. The lowest BCUT2D eigenvalue weighted by atomic mass is 10.0. The van der Waals surface area contributed by atoms with E-state index >= 15 is 0 Å². The summed E-state index contributed by atoms with van der Waals surface area (Å²) in [7, 11) is 0. The van der Waals surface area contributed by atoms with Gasteiger partial charge in [-0.25, -0.2) is 0 Å². The minimum atomic E-state index is -0.983. The summed E-state index contributed by atoms with van der Waals surface area (Å²) in [5.41, 5.74) is 10.0. The maximum Gasteiger partial charge on any atom is 0.320 e. The molecule has 1 unspecified atom stereocenters. The molecule has 0 radical (unpaired) electrons.